The lowest BCUT2D eigenvalue weighted by atomic mass is 10.0. The van der Waals surface area contributed by atoms with Crippen LogP contribution in [0.5, 0.6) is 0 Å². The molecule has 0 saturated carbocycles. The van der Waals surface area contributed by atoms with Gasteiger partial charge in [0.1, 0.15) is 5.82 Å². The summed E-state index contributed by atoms with van der Waals surface area (Å²) in [7, 11) is 1.93. The van der Waals surface area contributed by atoms with Gasteiger partial charge in [0, 0.05) is 18.6 Å². The van der Waals surface area contributed by atoms with Crippen molar-refractivity contribution >= 4 is 22.5 Å². The van der Waals surface area contributed by atoms with Crippen LogP contribution in [0.3, 0.4) is 0 Å². The maximum absolute atomic E-state index is 14.0. The van der Waals surface area contributed by atoms with Crippen molar-refractivity contribution < 1.29 is 9.18 Å². The van der Waals surface area contributed by atoms with Gasteiger partial charge in [-0.2, -0.15) is 0 Å². The highest BCUT2D eigenvalue weighted by Gasteiger charge is 2.16. The number of aryl methyl sites for hydroxylation is 2. The molecule has 0 unspecified atom stereocenters. The van der Waals surface area contributed by atoms with E-state index in [9.17, 15) is 9.18 Å². The molecule has 0 bridgehead atoms. The van der Waals surface area contributed by atoms with Gasteiger partial charge in [0.25, 0.3) is 5.91 Å². The molecule has 134 valence electrons. The van der Waals surface area contributed by atoms with Gasteiger partial charge >= 0.3 is 0 Å². The molecule has 0 aliphatic carbocycles. The number of amides is 1. The lowest BCUT2D eigenvalue weighted by molar-refractivity contribution is 0.102. The summed E-state index contributed by atoms with van der Waals surface area (Å²) in [5, 5.41) is 3.41. The van der Waals surface area contributed by atoms with Gasteiger partial charge in [-0.1, -0.05) is 23.8 Å². The van der Waals surface area contributed by atoms with Crippen molar-refractivity contribution in [3.8, 4) is 11.4 Å². The Morgan fingerprint density at radius 1 is 1.07 bits per heavy atom. The van der Waals surface area contributed by atoms with Crippen LogP contribution in [-0.4, -0.2) is 15.5 Å². The zero-order valence-corrected chi connectivity index (χ0v) is 15.0. The number of para-hydroxylation sites is 1. The average molecular weight is 359 g/mol. The standard InChI is InChI=1S/C22H18FN3O/c1-14-9-10-18-15(12-14)16(13-20(24-18)21-8-5-11-26(21)2)22(27)25-19-7-4-3-6-17(19)23/h3-13H,1-2H3,(H,25,27). The lowest BCUT2D eigenvalue weighted by Crippen LogP contribution is -2.14. The first kappa shape index (κ1) is 17.0. The number of nitrogens with one attached hydrogen (secondary N) is 1. The molecule has 2 aromatic carbocycles. The fourth-order valence-electron chi connectivity index (χ4n) is 3.14. The Kier molecular flexibility index (Phi) is 4.20. The van der Waals surface area contributed by atoms with E-state index in [0.29, 0.717) is 11.3 Å². The summed E-state index contributed by atoms with van der Waals surface area (Å²) in [6.45, 7) is 1.96. The molecule has 1 amide bonds. The molecule has 5 heteroatoms. The normalized spacial score (nSPS) is 10.9. The third-order valence-corrected chi connectivity index (χ3v) is 4.54. The van der Waals surface area contributed by atoms with Crippen molar-refractivity contribution in [2.45, 2.75) is 6.92 Å². The van der Waals surface area contributed by atoms with Gasteiger partial charge in [0.15, 0.2) is 0 Å². The van der Waals surface area contributed by atoms with Crippen LogP contribution in [0.4, 0.5) is 10.1 Å². The largest absolute Gasteiger partial charge is 0.349 e. The number of halogens is 1. The number of anilines is 1. The van der Waals surface area contributed by atoms with Crippen LogP contribution >= 0.6 is 0 Å². The van der Waals surface area contributed by atoms with E-state index in [4.69, 9.17) is 4.98 Å². The molecule has 0 fully saturated rings. The summed E-state index contributed by atoms with van der Waals surface area (Å²) in [6, 6.07) is 17.5. The molecule has 4 rings (SSSR count). The Bertz CT molecular complexity index is 1160. The highest BCUT2D eigenvalue weighted by molar-refractivity contribution is 6.13. The fourth-order valence-corrected chi connectivity index (χ4v) is 3.14. The van der Waals surface area contributed by atoms with Crippen LogP contribution in [0.2, 0.25) is 0 Å². The maximum Gasteiger partial charge on any atom is 0.256 e. The van der Waals surface area contributed by atoms with Crippen molar-refractivity contribution in [3.05, 3.63) is 83.8 Å². The molecule has 0 spiro atoms. The predicted molar refractivity (Wildman–Crippen MR) is 105 cm³/mol. The van der Waals surface area contributed by atoms with E-state index < -0.39 is 5.82 Å². The second-order valence-electron chi connectivity index (χ2n) is 6.51. The minimum absolute atomic E-state index is 0.153. The zero-order chi connectivity index (χ0) is 19.0. The molecule has 0 aliphatic rings. The van der Waals surface area contributed by atoms with E-state index in [0.717, 1.165) is 22.2 Å². The number of pyridine rings is 1. The van der Waals surface area contributed by atoms with Crippen molar-refractivity contribution in [1.82, 2.24) is 9.55 Å². The number of fused-ring (bicyclic) bond motifs is 1. The van der Waals surface area contributed by atoms with E-state index in [1.54, 1.807) is 24.3 Å². The third-order valence-electron chi connectivity index (χ3n) is 4.54. The minimum Gasteiger partial charge on any atom is -0.349 e. The van der Waals surface area contributed by atoms with E-state index >= 15 is 0 Å². The summed E-state index contributed by atoms with van der Waals surface area (Å²) < 4.78 is 15.9. The number of carbonyl (C=O) groups is 1. The maximum atomic E-state index is 14.0. The summed E-state index contributed by atoms with van der Waals surface area (Å²) in [6.07, 6.45) is 1.93. The van der Waals surface area contributed by atoms with Gasteiger partial charge in [-0.25, -0.2) is 9.37 Å². The van der Waals surface area contributed by atoms with Gasteiger partial charge in [0.2, 0.25) is 0 Å². The molecule has 4 nitrogen and oxygen atoms in total. The van der Waals surface area contributed by atoms with Crippen molar-refractivity contribution in [3.63, 3.8) is 0 Å². The Morgan fingerprint density at radius 3 is 2.63 bits per heavy atom. The number of carbonyl (C=O) groups excluding carboxylic acids is 1. The summed E-state index contributed by atoms with van der Waals surface area (Å²) in [5.41, 5.74) is 3.95. The van der Waals surface area contributed by atoms with Gasteiger partial charge in [0.05, 0.1) is 28.2 Å². The summed E-state index contributed by atoms with van der Waals surface area (Å²) in [5.74, 6) is -0.836. The van der Waals surface area contributed by atoms with Gasteiger partial charge < -0.3 is 9.88 Å². The Balaban J connectivity index is 1.87. The van der Waals surface area contributed by atoms with E-state index in [1.807, 2.05) is 55.1 Å². The number of rotatable bonds is 3. The quantitative estimate of drug-likeness (QED) is 0.563. The minimum atomic E-state index is -0.469. The first-order valence-corrected chi connectivity index (χ1v) is 8.62. The number of benzene rings is 2. The van der Waals surface area contributed by atoms with Gasteiger partial charge in [-0.3, -0.25) is 4.79 Å². The van der Waals surface area contributed by atoms with Gasteiger partial charge in [-0.15, -0.1) is 0 Å². The first-order chi connectivity index (χ1) is 13.0. The third kappa shape index (κ3) is 3.19. The topological polar surface area (TPSA) is 46.9 Å². The molecule has 0 atom stereocenters. The molecule has 0 aliphatic heterocycles. The van der Waals surface area contributed by atoms with Crippen LogP contribution in [0.1, 0.15) is 15.9 Å². The van der Waals surface area contributed by atoms with Crippen LogP contribution in [0.25, 0.3) is 22.3 Å². The van der Waals surface area contributed by atoms with Crippen LogP contribution in [0, 0.1) is 12.7 Å². The van der Waals surface area contributed by atoms with Crippen LogP contribution < -0.4 is 5.32 Å². The Morgan fingerprint density at radius 2 is 1.89 bits per heavy atom. The fraction of sp³-hybridized carbons (Fsp3) is 0.0909. The lowest BCUT2D eigenvalue weighted by Gasteiger charge is -2.12. The molecule has 0 radical (unpaired) electrons. The monoisotopic (exact) mass is 359 g/mol. The van der Waals surface area contributed by atoms with E-state index in [2.05, 4.69) is 5.32 Å². The SMILES string of the molecule is Cc1ccc2nc(-c3cccn3C)cc(C(=O)Nc3ccccc3F)c2c1. The molecule has 1 N–H and O–H groups in total. The molecule has 4 aromatic rings. The van der Waals surface area contributed by atoms with Crippen molar-refractivity contribution in [1.29, 1.82) is 0 Å². The molecular formula is C22H18FN3O. The number of nitrogens with zero attached hydrogens (tertiary/aromatic N) is 2. The van der Waals surface area contributed by atoms with Crippen molar-refractivity contribution in [2.24, 2.45) is 7.05 Å². The Labute approximate surface area is 156 Å². The molecule has 0 saturated heterocycles. The smallest absolute Gasteiger partial charge is 0.256 e. The van der Waals surface area contributed by atoms with E-state index in [1.165, 1.54) is 6.07 Å². The average Bonchev–Trinajstić information content (AvgIpc) is 3.08. The number of aromatic nitrogens is 2. The van der Waals surface area contributed by atoms with Crippen LogP contribution in [-0.2, 0) is 7.05 Å². The van der Waals surface area contributed by atoms with Gasteiger partial charge in [-0.05, 0) is 49.4 Å². The molecular weight excluding hydrogens is 341 g/mol. The Hall–Kier alpha value is -3.47. The van der Waals surface area contributed by atoms with Crippen LogP contribution in [0.15, 0.2) is 66.9 Å². The molecule has 2 heterocycles. The summed E-state index contributed by atoms with van der Waals surface area (Å²) >= 11 is 0. The molecule has 27 heavy (non-hydrogen) atoms. The summed E-state index contributed by atoms with van der Waals surface area (Å²) in [4.78, 5) is 17.7. The highest BCUT2D eigenvalue weighted by atomic mass is 19.1. The predicted octanol–water partition coefficient (Wildman–Crippen LogP) is 4.94. The zero-order valence-electron chi connectivity index (χ0n) is 15.0. The first-order valence-electron chi connectivity index (χ1n) is 8.62. The molecule has 2 aromatic heterocycles. The van der Waals surface area contributed by atoms with Crippen molar-refractivity contribution in [2.75, 3.05) is 5.32 Å². The second-order valence-corrected chi connectivity index (χ2v) is 6.51. The van der Waals surface area contributed by atoms with E-state index in [-0.39, 0.29) is 11.6 Å². The second kappa shape index (κ2) is 6.68. The number of hydrogen-bond donors (Lipinski definition) is 1. The highest BCUT2D eigenvalue weighted by Crippen LogP contribution is 2.27. The number of hydrogen-bond acceptors (Lipinski definition) is 2.